The number of nitrogens with zero attached hydrogens (tertiary/aromatic N) is 1. The van der Waals surface area contributed by atoms with Crippen LogP contribution in [0, 0.1) is 0 Å². The Labute approximate surface area is 108 Å². The van der Waals surface area contributed by atoms with E-state index in [0.717, 1.165) is 25.1 Å². The van der Waals surface area contributed by atoms with Gasteiger partial charge >= 0.3 is 0 Å². The van der Waals surface area contributed by atoms with E-state index < -0.39 is 0 Å². The molecule has 0 unspecified atom stereocenters. The fourth-order valence-corrected chi connectivity index (χ4v) is 2.38. The summed E-state index contributed by atoms with van der Waals surface area (Å²) < 4.78 is 0. The number of rotatable bonds is 4. The first kappa shape index (κ1) is 12.7. The molecule has 18 heavy (non-hydrogen) atoms. The summed E-state index contributed by atoms with van der Waals surface area (Å²) in [6, 6.07) is 6.58. The van der Waals surface area contributed by atoms with Gasteiger partial charge in [0.15, 0.2) is 0 Å². The van der Waals surface area contributed by atoms with Crippen LogP contribution >= 0.6 is 0 Å². The molecule has 0 fully saturated rings. The van der Waals surface area contributed by atoms with Crippen LogP contribution < -0.4 is 16.0 Å². The molecule has 3 N–H and O–H groups in total. The minimum absolute atomic E-state index is 0.257. The second-order valence-electron chi connectivity index (χ2n) is 5.06. The van der Waals surface area contributed by atoms with Crippen LogP contribution in [0.15, 0.2) is 18.2 Å². The standard InChI is InChI=1S/C14H21N3O/c1-10(2)17(9-14(15)18)12-5-6-13-11(8-12)4-3-7-16-13/h5-6,8,10,16H,3-4,7,9H2,1-2H3,(H2,15,18). The van der Waals surface area contributed by atoms with Gasteiger partial charge in [-0.3, -0.25) is 4.79 Å². The number of nitrogens with one attached hydrogen (secondary N) is 1. The van der Waals surface area contributed by atoms with Crippen molar-refractivity contribution in [2.75, 3.05) is 23.3 Å². The van der Waals surface area contributed by atoms with Gasteiger partial charge in [-0.05, 0) is 50.5 Å². The second kappa shape index (κ2) is 5.29. The fraction of sp³-hybridized carbons (Fsp3) is 0.500. The molecule has 0 aromatic heterocycles. The van der Waals surface area contributed by atoms with Crippen LogP contribution in [0.5, 0.6) is 0 Å². The SMILES string of the molecule is CC(C)N(CC(N)=O)c1ccc2c(c1)CCCN2. The molecule has 98 valence electrons. The molecule has 4 nitrogen and oxygen atoms in total. The molecule has 1 amide bonds. The van der Waals surface area contributed by atoms with Gasteiger partial charge < -0.3 is 16.0 Å². The molecule has 0 aliphatic carbocycles. The van der Waals surface area contributed by atoms with E-state index in [-0.39, 0.29) is 18.5 Å². The largest absolute Gasteiger partial charge is 0.385 e. The van der Waals surface area contributed by atoms with Crippen molar-refractivity contribution in [3.8, 4) is 0 Å². The predicted molar refractivity (Wildman–Crippen MR) is 74.9 cm³/mol. The topological polar surface area (TPSA) is 58.4 Å². The van der Waals surface area contributed by atoms with Crippen LogP contribution in [-0.2, 0) is 11.2 Å². The zero-order valence-electron chi connectivity index (χ0n) is 11.1. The Morgan fingerprint density at radius 1 is 1.50 bits per heavy atom. The second-order valence-corrected chi connectivity index (χ2v) is 5.06. The molecule has 0 saturated heterocycles. The number of aryl methyl sites for hydroxylation is 1. The maximum atomic E-state index is 11.1. The van der Waals surface area contributed by atoms with Gasteiger partial charge in [0.05, 0.1) is 6.54 Å². The number of carbonyl (C=O) groups excluding carboxylic acids is 1. The summed E-state index contributed by atoms with van der Waals surface area (Å²) >= 11 is 0. The van der Waals surface area contributed by atoms with Crippen LogP contribution in [0.4, 0.5) is 11.4 Å². The van der Waals surface area contributed by atoms with Crippen molar-refractivity contribution in [1.29, 1.82) is 0 Å². The van der Waals surface area contributed by atoms with Crippen LogP contribution in [0.25, 0.3) is 0 Å². The number of amides is 1. The molecule has 1 aromatic rings. The fourth-order valence-electron chi connectivity index (χ4n) is 2.38. The van der Waals surface area contributed by atoms with E-state index in [1.54, 1.807) is 0 Å². The molecule has 1 aliphatic heterocycles. The lowest BCUT2D eigenvalue weighted by Gasteiger charge is -2.29. The molecule has 4 heteroatoms. The number of nitrogens with two attached hydrogens (primary N) is 1. The molecule has 1 heterocycles. The van der Waals surface area contributed by atoms with Crippen molar-refractivity contribution in [2.24, 2.45) is 5.73 Å². The number of primary amides is 1. The highest BCUT2D eigenvalue weighted by Crippen LogP contribution is 2.27. The number of fused-ring (bicyclic) bond motifs is 1. The number of hydrogen-bond donors (Lipinski definition) is 2. The van der Waals surface area contributed by atoms with Crippen molar-refractivity contribution in [1.82, 2.24) is 0 Å². The van der Waals surface area contributed by atoms with E-state index in [4.69, 9.17) is 5.73 Å². The number of benzene rings is 1. The lowest BCUT2D eigenvalue weighted by molar-refractivity contribution is -0.116. The Morgan fingerprint density at radius 3 is 2.94 bits per heavy atom. The van der Waals surface area contributed by atoms with Gasteiger partial charge in [-0.25, -0.2) is 0 Å². The number of anilines is 2. The summed E-state index contributed by atoms with van der Waals surface area (Å²) in [7, 11) is 0. The molecule has 0 saturated carbocycles. The highest BCUT2D eigenvalue weighted by molar-refractivity contribution is 5.80. The highest BCUT2D eigenvalue weighted by Gasteiger charge is 2.16. The third-order valence-corrected chi connectivity index (χ3v) is 3.31. The van der Waals surface area contributed by atoms with Crippen LogP contribution in [0.3, 0.4) is 0 Å². The molecule has 2 rings (SSSR count). The van der Waals surface area contributed by atoms with Crippen LogP contribution in [0.2, 0.25) is 0 Å². The molecule has 0 spiro atoms. The summed E-state index contributed by atoms with van der Waals surface area (Å²) in [5, 5.41) is 3.39. The van der Waals surface area contributed by atoms with Crippen LogP contribution in [-0.4, -0.2) is 25.0 Å². The zero-order chi connectivity index (χ0) is 13.1. The van der Waals surface area contributed by atoms with E-state index in [1.807, 2.05) is 4.90 Å². The number of carbonyl (C=O) groups is 1. The van der Waals surface area contributed by atoms with Crippen LogP contribution in [0.1, 0.15) is 25.8 Å². The summed E-state index contributed by atoms with van der Waals surface area (Å²) in [4.78, 5) is 13.2. The van der Waals surface area contributed by atoms with Gasteiger partial charge in [-0.1, -0.05) is 0 Å². The summed E-state index contributed by atoms with van der Waals surface area (Å²) in [6.45, 7) is 5.45. The normalized spacial score (nSPS) is 13.9. The summed E-state index contributed by atoms with van der Waals surface area (Å²) in [5.74, 6) is -0.292. The molecule has 0 radical (unpaired) electrons. The minimum Gasteiger partial charge on any atom is -0.385 e. The molecule has 1 aliphatic rings. The maximum absolute atomic E-state index is 11.1. The van der Waals surface area contributed by atoms with Gasteiger partial charge in [0.1, 0.15) is 0 Å². The predicted octanol–water partition coefficient (Wildman–Crippen LogP) is 1.74. The average Bonchev–Trinajstić information content (AvgIpc) is 2.35. The van der Waals surface area contributed by atoms with Gasteiger partial charge in [0.2, 0.25) is 5.91 Å². The highest BCUT2D eigenvalue weighted by atomic mass is 16.1. The van der Waals surface area contributed by atoms with E-state index in [9.17, 15) is 4.79 Å². The first-order valence-corrected chi connectivity index (χ1v) is 6.49. The lowest BCUT2D eigenvalue weighted by Crippen LogP contribution is -2.38. The van der Waals surface area contributed by atoms with Crippen molar-refractivity contribution < 1.29 is 4.79 Å². The monoisotopic (exact) mass is 247 g/mol. The molecule has 1 aromatic carbocycles. The quantitative estimate of drug-likeness (QED) is 0.852. The van der Waals surface area contributed by atoms with Crippen molar-refractivity contribution in [3.63, 3.8) is 0 Å². The molecular weight excluding hydrogens is 226 g/mol. The molecule has 0 bridgehead atoms. The van der Waals surface area contributed by atoms with E-state index >= 15 is 0 Å². The van der Waals surface area contributed by atoms with E-state index in [2.05, 4.69) is 37.4 Å². The Balaban J connectivity index is 2.27. The van der Waals surface area contributed by atoms with Gasteiger partial charge in [0.25, 0.3) is 0 Å². The van der Waals surface area contributed by atoms with Crippen molar-refractivity contribution >= 4 is 17.3 Å². The minimum atomic E-state index is -0.292. The van der Waals surface area contributed by atoms with E-state index in [0.29, 0.717) is 0 Å². The molecular formula is C14H21N3O. The number of hydrogen-bond acceptors (Lipinski definition) is 3. The Bertz CT molecular complexity index is 443. The Hall–Kier alpha value is -1.71. The Kier molecular flexibility index (Phi) is 3.75. The molecule has 0 atom stereocenters. The van der Waals surface area contributed by atoms with Crippen molar-refractivity contribution in [3.05, 3.63) is 23.8 Å². The lowest BCUT2D eigenvalue weighted by atomic mass is 10.0. The smallest absolute Gasteiger partial charge is 0.236 e. The maximum Gasteiger partial charge on any atom is 0.236 e. The van der Waals surface area contributed by atoms with Crippen molar-refractivity contribution in [2.45, 2.75) is 32.7 Å². The zero-order valence-corrected chi connectivity index (χ0v) is 11.1. The van der Waals surface area contributed by atoms with Gasteiger partial charge in [-0.15, -0.1) is 0 Å². The Morgan fingerprint density at radius 2 is 2.28 bits per heavy atom. The third-order valence-electron chi connectivity index (χ3n) is 3.31. The first-order valence-electron chi connectivity index (χ1n) is 6.49. The van der Waals surface area contributed by atoms with Gasteiger partial charge in [-0.2, -0.15) is 0 Å². The van der Waals surface area contributed by atoms with Gasteiger partial charge in [0, 0.05) is 24.0 Å². The van der Waals surface area contributed by atoms with E-state index in [1.165, 1.54) is 11.3 Å². The average molecular weight is 247 g/mol. The third kappa shape index (κ3) is 2.75. The summed E-state index contributed by atoms with van der Waals surface area (Å²) in [6.07, 6.45) is 2.26. The first-order chi connectivity index (χ1) is 8.58. The summed E-state index contributed by atoms with van der Waals surface area (Å²) in [5.41, 5.74) is 8.93.